The molecule has 6 heteroatoms. The minimum absolute atomic E-state index is 0. The molecule has 0 heterocycles. The molecule has 0 aliphatic carbocycles. The van der Waals surface area contributed by atoms with Crippen LogP contribution in [0.1, 0.15) is 5.56 Å². The summed E-state index contributed by atoms with van der Waals surface area (Å²) < 4.78 is 17.9. The van der Waals surface area contributed by atoms with E-state index in [0.717, 1.165) is 5.56 Å². The second-order valence-corrected chi connectivity index (χ2v) is 3.74. The van der Waals surface area contributed by atoms with Gasteiger partial charge in [-0.1, -0.05) is 0 Å². The van der Waals surface area contributed by atoms with Gasteiger partial charge in [0, 0.05) is 19.3 Å². The lowest BCUT2D eigenvalue weighted by molar-refractivity contribution is -0.115. The van der Waals surface area contributed by atoms with Crippen molar-refractivity contribution in [2.45, 2.75) is 6.92 Å². The van der Waals surface area contributed by atoms with Gasteiger partial charge in [-0.15, -0.1) is 12.4 Å². The molecule has 0 spiro atoms. The second-order valence-electron chi connectivity index (χ2n) is 3.74. The van der Waals surface area contributed by atoms with Crippen LogP contribution in [-0.4, -0.2) is 32.7 Å². The second kappa shape index (κ2) is 8.85. The van der Waals surface area contributed by atoms with Crippen LogP contribution in [0.2, 0.25) is 0 Å². The van der Waals surface area contributed by atoms with Crippen molar-refractivity contribution in [1.82, 2.24) is 5.32 Å². The first-order chi connectivity index (χ1) is 8.11. The number of nitrogens with one attached hydrogen (secondary N) is 2. The monoisotopic (exact) mass is 276 g/mol. The van der Waals surface area contributed by atoms with E-state index in [-0.39, 0.29) is 30.7 Å². The van der Waals surface area contributed by atoms with E-state index >= 15 is 0 Å². The van der Waals surface area contributed by atoms with E-state index in [4.69, 9.17) is 4.74 Å². The number of rotatable bonds is 6. The lowest BCUT2D eigenvalue weighted by Crippen LogP contribution is -2.30. The van der Waals surface area contributed by atoms with Gasteiger partial charge in [-0.05, 0) is 30.7 Å². The average Bonchev–Trinajstić information content (AvgIpc) is 2.23. The highest BCUT2D eigenvalue weighted by Gasteiger charge is 2.03. The molecule has 0 aromatic heterocycles. The summed E-state index contributed by atoms with van der Waals surface area (Å²) in [6.07, 6.45) is 0. The number of carbonyl (C=O) groups is 1. The Balaban J connectivity index is 0.00000289. The molecule has 0 bridgehead atoms. The fraction of sp³-hybridized carbons (Fsp3) is 0.417. The summed E-state index contributed by atoms with van der Waals surface area (Å²) in [5.41, 5.74) is 1.24. The molecule has 1 aromatic rings. The zero-order valence-corrected chi connectivity index (χ0v) is 11.3. The molecule has 0 unspecified atom stereocenters. The van der Waals surface area contributed by atoms with E-state index in [1.165, 1.54) is 12.1 Å². The van der Waals surface area contributed by atoms with Gasteiger partial charge < -0.3 is 15.4 Å². The normalized spacial score (nSPS) is 9.72. The standard InChI is InChI=1S/C12H17FN2O2.ClH/c1-9-5-10(13)7-11(6-9)15-12(16)8-14-3-4-17-2;/h5-7,14H,3-4,8H2,1-2H3,(H,15,16);1H. The van der Waals surface area contributed by atoms with E-state index in [2.05, 4.69) is 10.6 Å². The zero-order valence-electron chi connectivity index (χ0n) is 10.5. The van der Waals surface area contributed by atoms with Crippen LogP contribution in [0.4, 0.5) is 10.1 Å². The summed E-state index contributed by atoms with van der Waals surface area (Å²) >= 11 is 0. The SMILES string of the molecule is COCCNCC(=O)Nc1cc(C)cc(F)c1.Cl. The summed E-state index contributed by atoms with van der Waals surface area (Å²) in [5.74, 6) is -0.557. The Morgan fingerprint density at radius 3 is 2.72 bits per heavy atom. The largest absolute Gasteiger partial charge is 0.383 e. The van der Waals surface area contributed by atoms with Crippen molar-refractivity contribution in [3.8, 4) is 0 Å². The van der Waals surface area contributed by atoms with Crippen molar-refractivity contribution in [2.75, 3.05) is 32.1 Å². The van der Waals surface area contributed by atoms with Gasteiger partial charge in [0.15, 0.2) is 0 Å². The zero-order chi connectivity index (χ0) is 12.7. The smallest absolute Gasteiger partial charge is 0.238 e. The first kappa shape index (κ1) is 16.8. The highest BCUT2D eigenvalue weighted by molar-refractivity contribution is 5.92. The van der Waals surface area contributed by atoms with Crippen molar-refractivity contribution in [2.24, 2.45) is 0 Å². The Labute approximate surface area is 112 Å². The first-order valence-electron chi connectivity index (χ1n) is 5.38. The molecule has 0 aliphatic heterocycles. The Morgan fingerprint density at radius 1 is 1.39 bits per heavy atom. The predicted molar refractivity (Wildman–Crippen MR) is 71.8 cm³/mol. The Kier molecular flexibility index (Phi) is 8.28. The first-order valence-corrected chi connectivity index (χ1v) is 5.38. The highest BCUT2D eigenvalue weighted by Crippen LogP contribution is 2.12. The van der Waals surface area contributed by atoms with Crippen LogP contribution in [-0.2, 0) is 9.53 Å². The molecule has 1 amide bonds. The average molecular weight is 277 g/mol. The number of ether oxygens (including phenoxy) is 1. The van der Waals surface area contributed by atoms with Crippen LogP contribution in [0.25, 0.3) is 0 Å². The Morgan fingerprint density at radius 2 is 2.11 bits per heavy atom. The number of carbonyl (C=O) groups excluding carboxylic acids is 1. The van der Waals surface area contributed by atoms with Gasteiger partial charge in [0.2, 0.25) is 5.91 Å². The minimum Gasteiger partial charge on any atom is -0.383 e. The number of methoxy groups -OCH3 is 1. The number of hydrogen-bond acceptors (Lipinski definition) is 3. The lowest BCUT2D eigenvalue weighted by Gasteiger charge is -2.07. The van der Waals surface area contributed by atoms with E-state index in [1.807, 2.05) is 0 Å². The molecule has 2 N–H and O–H groups in total. The van der Waals surface area contributed by atoms with Gasteiger partial charge in [0.1, 0.15) is 5.82 Å². The maximum absolute atomic E-state index is 13.0. The van der Waals surface area contributed by atoms with Crippen molar-refractivity contribution < 1.29 is 13.9 Å². The summed E-state index contributed by atoms with van der Waals surface area (Å²) in [6.45, 7) is 3.10. The number of halogens is 2. The molecule has 102 valence electrons. The molecule has 0 radical (unpaired) electrons. The highest BCUT2D eigenvalue weighted by atomic mass is 35.5. The number of benzene rings is 1. The third-order valence-corrected chi connectivity index (χ3v) is 2.09. The van der Waals surface area contributed by atoms with Gasteiger partial charge in [-0.2, -0.15) is 0 Å². The van der Waals surface area contributed by atoms with Gasteiger partial charge in [-0.25, -0.2) is 4.39 Å². The fourth-order valence-corrected chi connectivity index (χ4v) is 1.39. The van der Waals surface area contributed by atoms with Gasteiger partial charge in [0.05, 0.1) is 13.2 Å². The Bertz CT molecular complexity index is 368. The summed E-state index contributed by atoms with van der Waals surface area (Å²) in [7, 11) is 1.59. The summed E-state index contributed by atoms with van der Waals surface area (Å²) in [6, 6.07) is 4.42. The molecule has 1 aromatic carbocycles. The number of anilines is 1. The lowest BCUT2D eigenvalue weighted by atomic mass is 10.2. The van der Waals surface area contributed by atoms with Gasteiger partial charge in [-0.3, -0.25) is 4.79 Å². The van der Waals surface area contributed by atoms with Crippen molar-refractivity contribution in [3.63, 3.8) is 0 Å². The Hall–Kier alpha value is -1.17. The van der Waals surface area contributed by atoms with Crippen LogP contribution in [0.3, 0.4) is 0 Å². The molecular weight excluding hydrogens is 259 g/mol. The molecule has 0 fully saturated rings. The molecule has 4 nitrogen and oxygen atoms in total. The number of aryl methyl sites for hydroxylation is 1. The van der Waals surface area contributed by atoms with E-state index in [9.17, 15) is 9.18 Å². The van der Waals surface area contributed by atoms with Crippen molar-refractivity contribution in [1.29, 1.82) is 0 Å². The van der Waals surface area contributed by atoms with E-state index in [0.29, 0.717) is 18.8 Å². The van der Waals surface area contributed by atoms with Crippen LogP contribution in [0, 0.1) is 12.7 Å². The minimum atomic E-state index is -0.354. The molecule has 0 saturated carbocycles. The molecule has 0 saturated heterocycles. The third-order valence-electron chi connectivity index (χ3n) is 2.09. The molecule has 18 heavy (non-hydrogen) atoms. The van der Waals surface area contributed by atoms with Gasteiger partial charge in [0.25, 0.3) is 0 Å². The predicted octanol–water partition coefficient (Wildman–Crippen LogP) is 1.73. The summed E-state index contributed by atoms with van der Waals surface area (Å²) in [4.78, 5) is 11.5. The van der Waals surface area contributed by atoms with Crippen LogP contribution in [0.5, 0.6) is 0 Å². The number of amides is 1. The van der Waals surface area contributed by atoms with Crippen LogP contribution < -0.4 is 10.6 Å². The third kappa shape index (κ3) is 6.54. The van der Waals surface area contributed by atoms with Crippen LogP contribution >= 0.6 is 12.4 Å². The van der Waals surface area contributed by atoms with Crippen LogP contribution in [0.15, 0.2) is 18.2 Å². The maximum Gasteiger partial charge on any atom is 0.238 e. The maximum atomic E-state index is 13.0. The van der Waals surface area contributed by atoms with E-state index < -0.39 is 0 Å². The molecule has 1 rings (SSSR count). The van der Waals surface area contributed by atoms with Gasteiger partial charge >= 0.3 is 0 Å². The topological polar surface area (TPSA) is 50.4 Å². The van der Waals surface area contributed by atoms with Crippen molar-refractivity contribution in [3.05, 3.63) is 29.6 Å². The van der Waals surface area contributed by atoms with E-state index in [1.54, 1.807) is 20.1 Å². The molecule has 0 atom stereocenters. The summed E-state index contributed by atoms with van der Waals surface area (Å²) in [5, 5.41) is 5.52. The quantitative estimate of drug-likeness (QED) is 0.778. The molecular formula is C12H18ClFN2O2. The fourth-order valence-electron chi connectivity index (χ4n) is 1.39. The molecule has 0 aliphatic rings. The number of hydrogen-bond donors (Lipinski definition) is 2. The van der Waals surface area contributed by atoms with Crippen molar-refractivity contribution >= 4 is 24.0 Å².